The zero-order chi connectivity index (χ0) is 19.2. The van der Waals surface area contributed by atoms with Gasteiger partial charge in [-0.05, 0) is 50.2 Å². The molecule has 2 aromatic carbocycles. The number of anilines is 5. The van der Waals surface area contributed by atoms with Gasteiger partial charge in [-0.25, -0.2) is 8.78 Å². The maximum atomic E-state index is 13.7. The van der Waals surface area contributed by atoms with Crippen LogP contribution in [-0.2, 0) is 0 Å². The third kappa shape index (κ3) is 4.46. The molecular weight excluding hydrogens is 350 g/mol. The maximum Gasteiger partial charge on any atom is 0.249 e. The van der Waals surface area contributed by atoms with Crippen LogP contribution in [0.15, 0.2) is 48.7 Å². The lowest BCUT2D eigenvalue weighted by atomic mass is 10.2. The molecule has 0 aliphatic heterocycles. The van der Waals surface area contributed by atoms with Crippen molar-refractivity contribution in [1.82, 2.24) is 15.2 Å². The van der Waals surface area contributed by atoms with E-state index < -0.39 is 11.6 Å². The first kappa shape index (κ1) is 18.5. The second-order valence-corrected chi connectivity index (χ2v) is 5.73. The molecule has 27 heavy (non-hydrogen) atoms. The predicted molar refractivity (Wildman–Crippen MR) is 103 cm³/mol. The molecule has 0 aliphatic rings. The molecular formula is C19H20F2N6. The monoisotopic (exact) mass is 370 g/mol. The Kier molecular flexibility index (Phi) is 5.75. The van der Waals surface area contributed by atoms with E-state index in [0.29, 0.717) is 5.82 Å². The highest BCUT2D eigenvalue weighted by Gasteiger charge is 2.11. The number of halogens is 2. The lowest BCUT2D eigenvalue weighted by Crippen LogP contribution is -2.21. The average molecular weight is 370 g/mol. The number of nitrogens with one attached hydrogen (secondary N) is 2. The van der Waals surface area contributed by atoms with Crippen molar-refractivity contribution in [1.29, 1.82) is 0 Å². The van der Waals surface area contributed by atoms with E-state index in [-0.39, 0.29) is 11.6 Å². The smallest absolute Gasteiger partial charge is 0.249 e. The van der Waals surface area contributed by atoms with Crippen molar-refractivity contribution in [3.8, 4) is 0 Å². The molecule has 140 valence electrons. The molecule has 0 amide bonds. The van der Waals surface area contributed by atoms with Gasteiger partial charge in [0.25, 0.3) is 0 Å². The SMILES string of the molecule is CCN(CC)c1ccc(Nc2cnnc(Nc3c(F)cccc3F)n2)cc1. The first-order chi connectivity index (χ1) is 13.1. The van der Waals surface area contributed by atoms with Gasteiger partial charge in [-0.2, -0.15) is 10.1 Å². The molecule has 1 aromatic heterocycles. The van der Waals surface area contributed by atoms with Crippen LogP contribution in [0, 0.1) is 11.6 Å². The largest absolute Gasteiger partial charge is 0.372 e. The summed E-state index contributed by atoms with van der Waals surface area (Å²) in [4.78, 5) is 6.43. The minimum Gasteiger partial charge on any atom is -0.372 e. The quantitative estimate of drug-likeness (QED) is 0.639. The fraction of sp³-hybridized carbons (Fsp3) is 0.211. The highest BCUT2D eigenvalue weighted by Crippen LogP contribution is 2.23. The molecule has 6 nitrogen and oxygen atoms in total. The van der Waals surface area contributed by atoms with Crippen molar-refractivity contribution in [2.45, 2.75) is 13.8 Å². The predicted octanol–water partition coefficient (Wildman–Crippen LogP) is 4.48. The number of rotatable bonds is 7. The standard InChI is InChI=1S/C19H20F2N6/c1-3-27(4-2)14-10-8-13(9-11-14)23-17-12-22-26-19(24-17)25-18-15(20)6-5-7-16(18)21/h5-12H,3-4H2,1-2H3,(H2,23,24,25,26). The van der Waals surface area contributed by atoms with Gasteiger partial charge in [0.1, 0.15) is 17.3 Å². The molecule has 3 rings (SSSR count). The Morgan fingerprint density at radius 2 is 1.59 bits per heavy atom. The Balaban J connectivity index is 1.74. The lowest BCUT2D eigenvalue weighted by molar-refractivity contribution is 0.590. The molecule has 0 saturated carbocycles. The number of nitrogens with zero attached hydrogens (tertiary/aromatic N) is 4. The maximum absolute atomic E-state index is 13.7. The summed E-state index contributed by atoms with van der Waals surface area (Å²) in [5, 5.41) is 13.2. The van der Waals surface area contributed by atoms with Crippen LogP contribution in [0.4, 0.5) is 37.6 Å². The molecule has 3 aromatic rings. The van der Waals surface area contributed by atoms with Crippen LogP contribution in [0.5, 0.6) is 0 Å². The number of para-hydroxylation sites is 1. The van der Waals surface area contributed by atoms with Gasteiger partial charge in [0.2, 0.25) is 5.95 Å². The Labute approximate surface area is 156 Å². The number of hydrogen-bond acceptors (Lipinski definition) is 6. The Morgan fingerprint density at radius 1 is 0.926 bits per heavy atom. The fourth-order valence-corrected chi connectivity index (χ4v) is 2.64. The summed E-state index contributed by atoms with van der Waals surface area (Å²) in [6.45, 7) is 6.08. The van der Waals surface area contributed by atoms with Crippen molar-refractivity contribution >= 4 is 28.8 Å². The summed E-state index contributed by atoms with van der Waals surface area (Å²) in [6.07, 6.45) is 1.43. The van der Waals surface area contributed by atoms with E-state index in [9.17, 15) is 8.78 Å². The zero-order valence-electron chi connectivity index (χ0n) is 15.1. The molecule has 0 bridgehead atoms. The van der Waals surface area contributed by atoms with Crippen LogP contribution in [0.1, 0.15) is 13.8 Å². The van der Waals surface area contributed by atoms with E-state index in [1.807, 2.05) is 24.3 Å². The first-order valence-corrected chi connectivity index (χ1v) is 8.63. The van der Waals surface area contributed by atoms with Gasteiger partial charge in [0, 0.05) is 24.5 Å². The lowest BCUT2D eigenvalue weighted by Gasteiger charge is -2.21. The third-order valence-corrected chi connectivity index (χ3v) is 4.03. The van der Waals surface area contributed by atoms with Crippen molar-refractivity contribution in [3.63, 3.8) is 0 Å². The van der Waals surface area contributed by atoms with Gasteiger partial charge in [-0.3, -0.25) is 0 Å². The first-order valence-electron chi connectivity index (χ1n) is 8.63. The Bertz CT molecular complexity index is 877. The minimum absolute atomic E-state index is 0.0104. The van der Waals surface area contributed by atoms with Gasteiger partial charge in [-0.1, -0.05) is 6.07 Å². The van der Waals surface area contributed by atoms with Gasteiger partial charge < -0.3 is 15.5 Å². The zero-order valence-corrected chi connectivity index (χ0v) is 15.1. The highest BCUT2D eigenvalue weighted by atomic mass is 19.1. The summed E-state index contributed by atoms with van der Waals surface area (Å²) in [6, 6.07) is 11.5. The van der Waals surface area contributed by atoms with Crippen molar-refractivity contribution in [2.24, 2.45) is 0 Å². The molecule has 0 fully saturated rings. The molecule has 8 heteroatoms. The molecule has 0 unspecified atom stereocenters. The Hall–Kier alpha value is -3.29. The van der Waals surface area contributed by atoms with E-state index in [1.165, 1.54) is 12.3 Å². The number of aromatic nitrogens is 3. The van der Waals surface area contributed by atoms with Gasteiger partial charge in [0.05, 0.1) is 6.20 Å². The summed E-state index contributed by atoms with van der Waals surface area (Å²) < 4.78 is 27.5. The minimum atomic E-state index is -0.732. The van der Waals surface area contributed by atoms with Gasteiger partial charge in [-0.15, -0.1) is 5.10 Å². The average Bonchev–Trinajstić information content (AvgIpc) is 2.67. The normalized spacial score (nSPS) is 10.5. The second-order valence-electron chi connectivity index (χ2n) is 5.73. The fourth-order valence-electron chi connectivity index (χ4n) is 2.64. The number of hydrogen-bond donors (Lipinski definition) is 2. The molecule has 0 spiro atoms. The molecule has 0 atom stereocenters. The van der Waals surface area contributed by atoms with Gasteiger partial charge >= 0.3 is 0 Å². The van der Waals surface area contributed by atoms with Crippen molar-refractivity contribution < 1.29 is 8.78 Å². The topological polar surface area (TPSA) is 66.0 Å². The van der Waals surface area contributed by atoms with Crippen molar-refractivity contribution in [3.05, 3.63) is 60.3 Å². The van der Waals surface area contributed by atoms with E-state index in [0.717, 1.165) is 36.6 Å². The van der Waals surface area contributed by atoms with Crippen LogP contribution in [0.2, 0.25) is 0 Å². The van der Waals surface area contributed by atoms with Gasteiger partial charge in [0.15, 0.2) is 5.82 Å². The summed E-state index contributed by atoms with van der Waals surface area (Å²) in [5.74, 6) is -1.07. The van der Waals surface area contributed by atoms with E-state index in [1.54, 1.807) is 0 Å². The van der Waals surface area contributed by atoms with Crippen LogP contribution in [0.3, 0.4) is 0 Å². The van der Waals surface area contributed by atoms with Crippen molar-refractivity contribution in [2.75, 3.05) is 28.6 Å². The summed E-state index contributed by atoms with van der Waals surface area (Å²) >= 11 is 0. The molecule has 1 heterocycles. The second kappa shape index (κ2) is 8.39. The third-order valence-electron chi connectivity index (χ3n) is 4.03. The Morgan fingerprint density at radius 3 is 2.22 bits per heavy atom. The van der Waals surface area contributed by atoms with E-state index in [4.69, 9.17) is 0 Å². The van der Waals surface area contributed by atoms with E-state index >= 15 is 0 Å². The molecule has 0 aliphatic carbocycles. The van der Waals surface area contributed by atoms with Crippen LogP contribution < -0.4 is 15.5 Å². The van der Waals surface area contributed by atoms with Crippen LogP contribution >= 0.6 is 0 Å². The molecule has 2 N–H and O–H groups in total. The summed E-state index contributed by atoms with van der Waals surface area (Å²) in [5.41, 5.74) is 1.62. The summed E-state index contributed by atoms with van der Waals surface area (Å²) in [7, 11) is 0. The van der Waals surface area contributed by atoms with E-state index in [2.05, 4.69) is 44.6 Å². The van der Waals surface area contributed by atoms with Crippen LogP contribution in [-0.4, -0.2) is 28.3 Å². The molecule has 0 saturated heterocycles. The van der Waals surface area contributed by atoms with Crippen LogP contribution in [0.25, 0.3) is 0 Å². The highest BCUT2D eigenvalue weighted by molar-refractivity contribution is 5.62. The number of benzene rings is 2. The molecule has 0 radical (unpaired) electrons.